The van der Waals surface area contributed by atoms with E-state index in [1.54, 1.807) is 11.0 Å². The predicted octanol–water partition coefficient (Wildman–Crippen LogP) is 9.49. The van der Waals surface area contributed by atoms with E-state index in [9.17, 15) is 26.4 Å². The topological polar surface area (TPSA) is 100.0 Å². The second-order valence-electron chi connectivity index (χ2n) is 16.8. The number of hydrogen-bond acceptors (Lipinski definition) is 7. The summed E-state index contributed by atoms with van der Waals surface area (Å²) in [4.78, 5) is 19.8. The molecule has 6 rings (SSSR count). The van der Waals surface area contributed by atoms with Crippen LogP contribution in [0.25, 0.3) is 22.4 Å². The number of ether oxygens (including phenoxy) is 2. The summed E-state index contributed by atoms with van der Waals surface area (Å²) in [5.41, 5.74) is -1.43. The van der Waals surface area contributed by atoms with Crippen LogP contribution in [0.5, 0.6) is 5.75 Å². The molecule has 1 saturated heterocycles. The number of fused-ring (bicyclic) bond motifs is 1. The van der Waals surface area contributed by atoms with Crippen LogP contribution in [-0.4, -0.2) is 61.3 Å². The van der Waals surface area contributed by atoms with E-state index in [1.807, 2.05) is 55.8 Å². The van der Waals surface area contributed by atoms with E-state index in [0.717, 1.165) is 78.3 Å². The molecule has 0 bridgehead atoms. The first-order valence-corrected chi connectivity index (χ1v) is 23.3. The first-order valence-electron chi connectivity index (χ1n) is 18.2. The molecule has 2 heterocycles. The average molecular weight is 762 g/mol. The van der Waals surface area contributed by atoms with Crippen molar-refractivity contribution >= 4 is 24.3 Å². The molecule has 3 aliphatic rings. The lowest BCUT2D eigenvalue weighted by Crippen LogP contribution is -2.37. The minimum Gasteiger partial charge on any atom is -0.444 e. The zero-order chi connectivity index (χ0) is 37.7. The van der Waals surface area contributed by atoms with Crippen molar-refractivity contribution in [3.8, 4) is 28.1 Å². The number of likely N-dealkylation sites (tertiary alicyclic amines) is 1. The van der Waals surface area contributed by atoms with Crippen molar-refractivity contribution in [2.45, 2.75) is 122 Å². The van der Waals surface area contributed by atoms with Gasteiger partial charge in [0.25, 0.3) is 0 Å². The monoisotopic (exact) mass is 761 g/mol. The fourth-order valence-corrected chi connectivity index (χ4v) is 9.07. The van der Waals surface area contributed by atoms with Gasteiger partial charge in [-0.2, -0.15) is 21.6 Å². The van der Waals surface area contributed by atoms with E-state index in [0.29, 0.717) is 31.6 Å². The molecule has 3 aromatic rings. The smallest absolute Gasteiger partial charge is 0.444 e. The van der Waals surface area contributed by atoms with Gasteiger partial charge in [0.2, 0.25) is 0 Å². The number of rotatable bonds is 10. The van der Waals surface area contributed by atoms with Gasteiger partial charge in [0.1, 0.15) is 23.9 Å². The third kappa shape index (κ3) is 8.23. The number of aromatic nitrogens is 2. The van der Waals surface area contributed by atoms with Gasteiger partial charge in [-0.05, 0) is 99.1 Å². The van der Waals surface area contributed by atoms with Crippen LogP contribution in [0.3, 0.4) is 0 Å². The summed E-state index contributed by atoms with van der Waals surface area (Å²) in [7, 11) is -7.14. The van der Waals surface area contributed by atoms with Crippen LogP contribution in [0.4, 0.5) is 18.0 Å². The Hall–Kier alpha value is -3.36. The van der Waals surface area contributed by atoms with Crippen LogP contribution >= 0.6 is 0 Å². The highest BCUT2D eigenvalue weighted by atomic mass is 32.2. The number of imidazole rings is 1. The van der Waals surface area contributed by atoms with Crippen molar-refractivity contribution in [2.24, 2.45) is 5.41 Å². The molecule has 0 radical (unpaired) electrons. The van der Waals surface area contributed by atoms with E-state index in [4.69, 9.17) is 18.6 Å². The largest absolute Gasteiger partial charge is 0.534 e. The maximum absolute atomic E-state index is 13.3. The molecule has 1 spiro atoms. The van der Waals surface area contributed by atoms with Gasteiger partial charge in [-0.25, -0.2) is 9.78 Å². The van der Waals surface area contributed by atoms with Crippen molar-refractivity contribution in [2.75, 3.05) is 13.2 Å². The van der Waals surface area contributed by atoms with E-state index in [1.165, 1.54) is 6.07 Å². The summed E-state index contributed by atoms with van der Waals surface area (Å²) in [5.74, 6) is 0.494. The molecule has 0 unspecified atom stereocenters. The van der Waals surface area contributed by atoms with Crippen LogP contribution in [0.15, 0.2) is 42.6 Å². The molecule has 284 valence electrons. The molecule has 1 atom stereocenters. The van der Waals surface area contributed by atoms with Gasteiger partial charge >= 0.3 is 21.7 Å². The van der Waals surface area contributed by atoms with E-state index in [2.05, 4.69) is 19.6 Å². The molecule has 1 saturated carbocycles. The lowest BCUT2D eigenvalue weighted by Gasteiger charge is -2.29. The minimum absolute atomic E-state index is 0.107. The molecule has 2 aromatic carbocycles. The van der Waals surface area contributed by atoms with Gasteiger partial charge in [0.05, 0.1) is 17.9 Å². The molecule has 2 fully saturated rings. The Kier molecular flexibility index (Phi) is 10.4. The Bertz CT molecular complexity index is 1890. The van der Waals surface area contributed by atoms with Crippen molar-refractivity contribution < 1.29 is 40.0 Å². The average Bonchev–Trinajstić information content (AvgIpc) is 3.84. The third-order valence-electron chi connectivity index (χ3n) is 10.4. The maximum Gasteiger partial charge on any atom is 0.534 e. The normalized spacial score (nSPS) is 19.0. The maximum atomic E-state index is 13.3. The molecule has 0 N–H and O–H groups in total. The Morgan fingerprint density at radius 2 is 1.62 bits per heavy atom. The molecule has 1 aliphatic heterocycles. The number of carbonyl (C=O) groups is 1. The summed E-state index contributed by atoms with van der Waals surface area (Å²) in [6, 6.07) is 11.7. The summed E-state index contributed by atoms with van der Waals surface area (Å²) < 4.78 is 82.7. The number of hydrogen-bond donors (Lipinski definition) is 0. The van der Waals surface area contributed by atoms with E-state index >= 15 is 0 Å². The Labute approximate surface area is 306 Å². The van der Waals surface area contributed by atoms with Crippen molar-refractivity contribution in [1.82, 2.24) is 14.5 Å². The van der Waals surface area contributed by atoms with Gasteiger partial charge in [-0.1, -0.05) is 62.8 Å². The second kappa shape index (κ2) is 14.1. The molecule has 14 heteroatoms. The second-order valence-corrected chi connectivity index (χ2v) is 24.0. The number of carbonyl (C=O) groups excluding carboxylic acids is 1. The Morgan fingerprint density at radius 3 is 2.25 bits per heavy atom. The van der Waals surface area contributed by atoms with Crippen LogP contribution in [-0.2, 0) is 39.2 Å². The number of nitrogens with zero attached hydrogens (tertiary/aromatic N) is 3. The van der Waals surface area contributed by atoms with Crippen LogP contribution in [0.2, 0.25) is 25.7 Å². The Balaban J connectivity index is 1.33. The summed E-state index contributed by atoms with van der Waals surface area (Å²) in [5, 5.41) is 0. The number of amides is 1. The quantitative estimate of drug-likeness (QED) is 0.0879. The van der Waals surface area contributed by atoms with Crippen molar-refractivity contribution in [3.63, 3.8) is 0 Å². The zero-order valence-corrected chi connectivity index (χ0v) is 32.8. The highest BCUT2D eigenvalue weighted by Crippen LogP contribution is 2.53. The highest BCUT2D eigenvalue weighted by Gasteiger charge is 2.50. The molecule has 1 aromatic heterocycles. The summed E-state index contributed by atoms with van der Waals surface area (Å²) in [6.45, 7) is 13.9. The zero-order valence-electron chi connectivity index (χ0n) is 30.9. The van der Waals surface area contributed by atoms with Crippen LogP contribution < -0.4 is 4.18 Å². The standard InChI is InChI=1S/C38H50F3N3O6SSi/c1-36(2,3)49-35(45)43-19-9-10-31(43)34-42-24-32(44(34)25-48-20-21-52(4,5)6)27-13-11-26(12-14-27)28-15-16-33(50-51(46,47)38(39,40)41)30-23-37(22-29(28)30)17-7-8-18-37/h11-16,24,31H,7-10,17-23,25H2,1-6H3/t31-/m0/s1. The molecular weight excluding hydrogens is 712 g/mol. The van der Waals surface area contributed by atoms with E-state index in [-0.39, 0.29) is 30.0 Å². The first kappa shape index (κ1) is 38.4. The fourth-order valence-electron chi connectivity index (χ4n) is 7.82. The van der Waals surface area contributed by atoms with Gasteiger partial charge in [0.15, 0.2) is 0 Å². The van der Waals surface area contributed by atoms with E-state index < -0.39 is 29.3 Å². The fraction of sp³-hybridized carbons (Fsp3) is 0.579. The first-order chi connectivity index (χ1) is 24.3. The Morgan fingerprint density at radius 1 is 0.962 bits per heavy atom. The minimum atomic E-state index is -5.81. The van der Waals surface area contributed by atoms with Gasteiger partial charge in [-0.3, -0.25) is 4.90 Å². The molecule has 2 aliphatic carbocycles. The molecule has 52 heavy (non-hydrogen) atoms. The number of benzene rings is 2. The lowest BCUT2D eigenvalue weighted by molar-refractivity contribution is -0.0500. The van der Waals surface area contributed by atoms with Crippen LogP contribution in [0.1, 0.15) is 82.3 Å². The molecule has 1 amide bonds. The summed E-state index contributed by atoms with van der Waals surface area (Å²) >= 11 is 0. The van der Waals surface area contributed by atoms with Gasteiger partial charge < -0.3 is 18.2 Å². The molecular formula is C38H50F3N3O6SSi. The van der Waals surface area contributed by atoms with Gasteiger partial charge in [0, 0.05) is 26.8 Å². The van der Waals surface area contributed by atoms with Crippen LogP contribution in [0, 0.1) is 5.41 Å². The lowest BCUT2D eigenvalue weighted by atomic mass is 9.83. The highest BCUT2D eigenvalue weighted by molar-refractivity contribution is 7.88. The third-order valence-corrected chi connectivity index (χ3v) is 13.1. The van der Waals surface area contributed by atoms with Crippen molar-refractivity contribution in [1.29, 1.82) is 0 Å². The molecule has 9 nitrogen and oxygen atoms in total. The van der Waals surface area contributed by atoms with Gasteiger partial charge in [-0.15, -0.1) is 0 Å². The number of alkyl halides is 3. The predicted molar refractivity (Wildman–Crippen MR) is 196 cm³/mol. The summed E-state index contributed by atoms with van der Waals surface area (Å²) in [6.07, 6.45) is 8.10. The number of halogens is 3. The SMILES string of the molecule is CC(C)(C)OC(=O)N1CCC[C@H]1c1ncc(-c2ccc(-c3ccc(OS(=O)(=O)C(F)(F)F)c4c3CC3(CCCC3)C4)cc2)n1COCC[Si](C)(C)C. The van der Waals surface area contributed by atoms with Crippen molar-refractivity contribution in [3.05, 3.63) is 59.5 Å².